The van der Waals surface area contributed by atoms with Gasteiger partial charge < -0.3 is 0 Å². The van der Waals surface area contributed by atoms with E-state index >= 15 is 0 Å². The van der Waals surface area contributed by atoms with Gasteiger partial charge in [-0.15, -0.1) is 6.58 Å². The molecule has 1 rings (SSSR count). The van der Waals surface area contributed by atoms with Crippen LogP contribution in [0.25, 0.3) is 0 Å². The third-order valence-corrected chi connectivity index (χ3v) is 2.12. The Morgan fingerprint density at radius 2 is 2.08 bits per heavy atom. The molecule has 1 aromatic carbocycles. The summed E-state index contributed by atoms with van der Waals surface area (Å²) in [6.07, 6.45) is 2.44. The molecule has 0 radical (unpaired) electrons. The van der Waals surface area contributed by atoms with Crippen LogP contribution in [0.2, 0.25) is 0 Å². The van der Waals surface area contributed by atoms with E-state index in [-0.39, 0.29) is 0 Å². The topological polar surface area (TPSA) is 23.8 Å². The molecule has 0 amide bonds. The van der Waals surface area contributed by atoms with Crippen molar-refractivity contribution in [3.63, 3.8) is 0 Å². The highest BCUT2D eigenvalue weighted by Crippen LogP contribution is 2.22. The summed E-state index contributed by atoms with van der Waals surface area (Å²) in [5, 5.41) is 8.93. The highest BCUT2D eigenvalue weighted by molar-refractivity contribution is 5.21. The minimum atomic E-state index is -0.443. The van der Waals surface area contributed by atoms with Gasteiger partial charge in [0, 0.05) is 0 Å². The van der Waals surface area contributed by atoms with Crippen LogP contribution in [0.4, 0.5) is 0 Å². The van der Waals surface area contributed by atoms with Crippen LogP contribution in [0.3, 0.4) is 0 Å². The molecule has 0 saturated heterocycles. The molecule has 0 aliphatic heterocycles. The SMILES string of the molecule is C=C[C@@](C)(C#N)Cc1ccccc1. The Bertz CT molecular complexity index is 321. The summed E-state index contributed by atoms with van der Waals surface area (Å²) in [4.78, 5) is 0. The van der Waals surface area contributed by atoms with Gasteiger partial charge >= 0.3 is 0 Å². The minimum Gasteiger partial charge on any atom is -0.197 e. The lowest BCUT2D eigenvalue weighted by atomic mass is 9.85. The monoisotopic (exact) mass is 171 g/mol. The smallest absolute Gasteiger partial charge is 0.0763 e. The van der Waals surface area contributed by atoms with Crippen LogP contribution in [0, 0.1) is 16.7 Å². The van der Waals surface area contributed by atoms with Crippen LogP contribution in [0.15, 0.2) is 43.0 Å². The van der Waals surface area contributed by atoms with Gasteiger partial charge in [0.05, 0.1) is 11.5 Å². The van der Waals surface area contributed by atoms with E-state index < -0.39 is 5.41 Å². The lowest BCUT2D eigenvalue weighted by molar-refractivity contribution is 0.566. The average molecular weight is 171 g/mol. The summed E-state index contributed by atoms with van der Waals surface area (Å²) in [6.45, 7) is 5.57. The summed E-state index contributed by atoms with van der Waals surface area (Å²) in [5.41, 5.74) is 0.730. The molecule has 0 fully saturated rings. The highest BCUT2D eigenvalue weighted by Gasteiger charge is 2.19. The molecule has 66 valence electrons. The molecule has 0 spiro atoms. The van der Waals surface area contributed by atoms with Crippen LogP contribution in [-0.2, 0) is 6.42 Å². The molecule has 0 aromatic heterocycles. The molecule has 0 heterocycles. The summed E-state index contributed by atoms with van der Waals surface area (Å²) in [5.74, 6) is 0. The van der Waals surface area contributed by atoms with Crippen molar-refractivity contribution in [2.24, 2.45) is 5.41 Å². The summed E-state index contributed by atoms with van der Waals surface area (Å²) in [6, 6.07) is 12.3. The maximum atomic E-state index is 8.93. The number of benzene rings is 1. The first-order valence-corrected chi connectivity index (χ1v) is 4.29. The van der Waals surface area contributed by atoms with Crippen molar-refractivity contribution in [1.82, 2.24) is 0 Å². The van der Waals surface area contributed by atoms with Crippen LogP contribution < -0.4 is 0 Å². The average Bonchev–Trinajstić information content (AvgIpc) is 2.19. The van der Waals surface area contributed by atoms with E-state index in [4.69, 9.17) is 5.26 Å². The van der Waals surface area contributed by atoms with Crippen LogP contribution in [0.5, 0.6) is 0 Å². The minimum absolute atomic E-state index is 0.443. The van der Waals surface area contributed by atoms with Gasteiger partial charge in [-0.1, -0.05) is 36.4 Å². The Labute approximate surface area is 79.3 Å². The van der Waals surface area contributed by atoms with E-state index in [1.165, 1.54) is 5.56 Å². The molecule has 0 N–H and O–H groups in total. The summed E-state index contributed by atoms with van der Waals surface area (Å²) in [7, 11) is 0. The molecule has 0 aliphatic carbocycles. The molecular formula is C12H13N. The van der Waals surface area contributed by atoms with Crippen molar-refractivity contribution in [3.05, 3.63) is 48.6 Å². The number of nitriles is 1. The lowest BCUT2D eigenvalue weighted by Gasteiger charge is -2.15. The molecule has 1 nitrogen and oxygen atoms in total. The van der Waals surface area contributed by atoms with Gasteiger partial charge in [-0.2, -0.15) is 5.26 Å². The molecule has 0 unspecified atom stereocenters. The third kappa shape index (κ3) is 2.45. The Morgan fingerprint density at radius 3 is 2.54 bits per heavy atom. The van der Waals surface area contributed by atoms with Crippen LogP contribution in [-0.4, -0.2) is 0 Å². The Morgan fingerprint density at radius 1 is 1.46 bits per heavy atom. The van der Waals surface area contributed by atoms with Gasteiger partial charge in [0.1, 0.15) is 0 Å². The first kappa shape index (κ1) is 9.54. The second kappa shape index (κ2) is 3.91. The first-order chi connectivity index (χ1) is 6.20. The van der Waals surface area contributed by atoms with Crippen molar-refractivity contribution >= 4 is 0 Å². The zero-order valence-electron chi connectivity index (χ0n) is 7.83. The quantitative estimate of drug-likeness (QED) is 0.641. The predicted octanol–water partition coefficient (Wildman–Crippen LogP) is 2.94. The zero-order chi connectivity index (χ0) is 9.73. The second-order valence-electron chi connectivity index (χ2n) is 3.40. The Kier molecular flexibility index (Phi) is 2.87. The molecular weight excluding hydrogens is 158 g/mol. The van der Waals surface area contributed by atoms with Gasteiger partial charge in [-0.3, -0.25) is 0 Å². The molecule has 1 heteroatoms. The number of nitrogens with zero attached hydrogens (tertiary/aromatic N) is 1. The number of hydrogen-bond donors (Lipinski definition) is 0. The van der Waals surface area contributed by atoms with E-state index in [0.29, 0.717) is 0 Å². The number of hydrogen-bond acceptors (Lipinski definition) is 1. The number of rotatable bonds is 3. The van der Waals surface area contributed by atoms with E-state index in [1.54, 1.807) is 6.08 Å². The fraction of sp³-hybridized carbons (Fsp3) is 0.250. The molecule has 13 heavy (non-hydrogen) atoms. The van der Waals surface area contributed by atoms with Gasteiger partial charge in [-0.25, -0.2) is 0 Å². The largest absolute Gasteiger partial charge is 0.197 e. The van der Waals surface area contributed by atoms with Gasteiger partial charge in [0.15, 0.2) is 0 Å². The van der Waals surface area contributed by atoms with Crippen molar-refractivity contribution in [3.8, 4) is 6.07 Å². The molecule has 1 aromatic rings. The maximum absolute atomic E-state index is 8.93. The van der Waals surface area contributed by atoms with Crippen molar-refractivity contribution in [2.75, 3.05) is 0 Å². The zero-order valence-corrected chi connectivity index (χ0v) is 7.83. The Balaban J connectivity index is 2.81. The second-order valence-corrected chi connectivity index (χ2v) is 3.40. The van der Waals surface area contributed by atoms with Crippen molar-refractivity contribution in [1.29, 1.82) is 5.26 Å². The fourth-order valence-corrected chi connectivity index (χ4v) is 1.18. The van der Waals surface area contributed by atoms with Crippen molar-refractivity contribution < 1.29 is 0 Å². The van der Waals surface area contributed by atoms with Gasteiger partial charge in [-0.05, 0) is 18.9 Å². The van der Waals surface area contributed by atoms with E-state index in [2.05, 4.69) is 12.6 Å². The fourth-order valence-electron chi connectivity index (χ4n) is 1.18. The normalized spacial score (nSPS) is 14.2. The van der Waals surface area contributed by atoms with Crippen molar-refractivity contribution in [2.45, 2.75) is 13.3 Å². The summed E-state index contributed by atoms with van der Waals surface area (Å²) < 4.78 is 0. The van der Waals surface area contributed by atoms with E-state index in [9.17, 15) is 0 Å². The Hall–Kier alpha value is -1.55. The third-order valence-electron chi connectivity index (χ3n) is 2.12. The highest BCUT2D eigenvalue weighted by atomic mass is 14.3. The predicted molar refractivity (Wildman–Crippen MR) is 54.1 cm³/mol. The van der Waals surface area contributed by atoms with E-state index in [1.807, 2.05) is 37.3 Å². The van der Waals surface area contributed by atoms with Gasteiger partial charge in [0.25, 0.3) is 0 Å². The lowest BCUT2D eigenvalue weighted by Crippen LogP contribution is -2.13. The maximum Gasteiger partial charge on any atom is 0.0763 e. The first-order valence-electron chi connectivity index (χ1n) is 4.29. The molecule has 0 aliphatic rings. The van der Waals surface area contributed by atoms with Crippen LogP contribution in [0.1, 0.15) is 12.5 Å². The number of allylic oxidation sites excluding steroid dienone is 1. The molecule has 0 saturated carbocycles. The standard InChI is InChI=1S/C12H13N/c1-3-12(2,10-13)9-11-7-5-4-6-8-11/h3-8H,1,9H2,2H3/t12-/m1/s1. The summed E-state index contributed by atoms with van der Waals surface area (Å²) >= 11 is 0. The molecule has 1 atom stereocenters. The van der Waals surface area contributed by atoms with E-state index in [0.717, 1.165) is 6.42 Å². The van der Waals surface area contributed by atoms with Crippen LogP contribution >= 0.6 is 0 Å². The van der Waals surface area contributed by atoms with Gasteiger partial charge in [0.2, 0.25) is 0 Å². The molecule has 0 bridgehead atoms.